The minimum atomic E-state index is -1.27. The molecule has 0 saturated carbocycles. The van der Waals surface area contributed by atoms with E-state index in [1.165, 1.54) is 31.2 Å². The summed E-state index contributed by atoms with van der Waals surface area (Å²) in [6, 6.07) is 5.65. The highest BCUT2D eigenvalue weighted by Gasteiger charge is 2.33. The number of aromatic hydroxyl groups is 1. The molecule has 0 aliphatic rings. The number of rotatable bonds is 5. The van der Waals surface area contributed by atoms with E-state index in [0.29, 0.717) is 18.4 Å². The van der Waals surface area contributed by atoms with Crippen LogP contribution in [0.5, 0.6) is 5.75 Å². The van der Waals surface area contributed by atoms with Gasteiger partial charge in [-0.1, -0.05) is 13.3 Å². The monoisotopic (exact) mass is 251 g/mol. The van der Waals surface area contributed by atoms with Crippen LogP contribution in [0.3, 0.4) is 0 Å². The van der Waals surface area contributed by atoms with Gasteiger partial charge in [-0.2, -0.15) is 0 Å². The Morgan fingerprint density at radius 3 is 2.28 bits per heavy atom. The van der Waals surface area contributed by atoms with Crippen LogP contribution < -0.4 is 5.32 Å². The van der Waals surface area contributed by atoms with Crippen molar-refractivity contribution in [2.75, 3.05) is 0 Å². The summed E-state index contributed by atoms with van der Waals surface area (Å²) in [6.07, 6.45) is 1.00. The van der Waals surface area contributed by atoms with E-state index in [0.717, 1.165) is 0 Å². The van der Waals surface area contributed by atoms with E-state index in [4.69, 9.17) is 10.2 Å². The van der Waals surface area contributed by atoms with E-state index in [2.05, 4.69) is 5.32 Å². The minimum Gasteiger partial charge on any atom is -0.508 e. The molecule has 5 nitrogen and oxygen atoms in total. The summed E-state index contributed by atoms with van der Waals surface area (Å²) in [5, 5.41) is 20.8. The number of hydrogen-bond acceptors (Lipinski definition) is 3. The van der Waals surface area contributed by atoms with Gasteiger partial charge >= 0.3 is 5.97 Å². The summed E-state index contributed by atoms with van der Waals surface area (Å²) >= 11 is 0. The van der Waals surface area contributed by atoms with E-state index in [1.54, 1.807) is 0 Å². The largest absolute Gasteiger partial charge is 0.508 e. The summed E-state index contributed by atoms with van der Waals surface area (Å²) in [5.74, 6) is -1.47. The van der Waals surface area contributed by atoms with Crippen LogP contribution >= 0.6 is 0 Å². The van der Waals surface area contributed by atoms with Crippen molar-refractivity contribution in [1.29, 1.82) is 0 Å². The zero-order valence-corrected chi connectivity index (χ0v) is 10.4. The predicted octanol–water partition coefficient (Wildman–Crippen LogP) is 1.77. The van der Waals surface area contributed by atoms with Crippen molar-refractivity contribution in [2.45, 2.75) is 32.2 Å². The molecule has 1 aromatic carbocycles. The first kappa shape index (κ1) is 14.0. The number of aliphatic carboxylic acids is 1. The maximum absolute atomic E-state index is 11.9. The number of phenols is 1. The lowest BCUT2D eigenvalue weighted by molar-refractivity contribution is -0.144. The molecule has 0 aromatic heterocycles. The zero-order chi connectivity index (χ0) is 13.8. The van der Waals surface area contributed by atoms with Crippen molar-refractivity contribution in [3.8, 4) is 5.75 Å². The smallest absolute Gasteiger partial charge is 0.329 e. The molecule has 98 valence electrons. The van der Waals surface area contributed by atoms with Crippen LogP contribution in [-0.4, -0.2) is 27.6 Å². The van der Waals surface area contributed by atoms with Crippen molar-refractivity contribution in [1.82, 2.24) is 5.32 Å². The fourth-order valence-electron chi connectivity index (χ4n) is 1.66. The Kier molecular flexibility index (Phi) is 4.31. The number of carboxylic acids is 1. The highest BCUT2D eigenvalue weighted by atomic mass is 16.4. The normalized spacial score (nSPS) is 13.7. The Balaban J connectivity index is 2.85. The van der Waals surface area contributed by atoms with E-state index in [-0.39, 0.29) is 5.75 Å². The number of hydrogen-bond donors (Lipinski definition) is 3. The van der Waals surface area contributed by atoms with Crippen LogP contribution in [0.1, 0.15) is 37.0 Å². The molecule has 0 saturated heterocycles. The summed E-state index contributed by atoms with van der Waals surface area (Å²) in [5.41, 5.74) is -0.958. The number of carbonyl (C=O) groups is 2. The Hall–Kier alpha value is -2.04. The van der Waals surface area contributed by atoms with Crippen LogP contribution in [0.4, 0.5) is 0 Å². The van der Waals surface area contributed by atoms with Gasteiger partial charge in [-0.3, -0.25) is 4.79 Å². The summed E-state index contributed by atoms with van der Waals surface area (Å²) in [4.78, 5) is 23.1. The van der Waals surface area contributed by atoms with Gasteiger partial charge in [-0.15, -0.1) is 0 Å². The van der Waals surface area contributed by atoms with Gasteiger partial charge in [0.05, 0.1) is 0 Å². The third-order valence-corrected chi connectivity index (χ3v) is 2.74. The first-order valence-electron chi connectivity index (χ1n) is 5.74. The molecule has 0 fully saturated rings. The van der Waals surface area contributed by atoms with Crippen LogP contribution in [0.15, 0.2) is 24.3 Å². The molecule has 0 aliphatic carbocycles. The van der Waals surface area contributed by atoms with Crippen molar-refractivity contribution >= 4 is 11.9 Å². The number of amides is 1. The second kappa shape index (κ2) is 5.53. The van der Waals surface area contributed by atoms with E-state index in [9.17, 15) is 9.59 Å². The maximum atomic E-state index is 11.9. The molecule has 0 aliphatic heterocycles. The average molecular weight is 251 g/mol. The third kappa shape index (κ3) is 3.23. The molecular formula is C13H17NO4. The summed E-state index contributed by atoms with van der Waals surface area (Å²) in [7, 11) is 0. The highest BCUT2D eigenvalue weighted by molar-refractivity contribution is 5.97. The predicted molar refractivity (Wildman–Crippen MR) is 66.5 cm³/mol. The second-order valence-corrected chi connectivity index (χ2v) is 4.39. The molecular weight excluding hydrogens is 234 g/mol. The standard InChI is InChI=1S/C13H17NO4/c1-3-8-13(2,12(17)18)14-11(16)9-4-6-10(15)7-5-9/h4-7,15H,3,8H2,1-2H3,(H,14,16)(H,17,18). The molecule has 0 bridgehead atoms. The fourth-order valence-corrected chi connectivity index (χ4v) is 1.66. The van der Waals surface area contributed by atoms with Gasteiger partial charge in [-0.05, 0) is 37.6 Å². The van der Waals surface area contributed by atoms with Crippen LogP contribution in [0.2, 0.25) is 0 Å². The summed E-state index contributed by atoms with van der Waals surface area (Å²) < 4.78 is 0. The van der Waals surface area contributed by atoms with Gasteiger partial charge in [0, 0.05) is 5.56 Å². The number of phenolic OH excluding ortho intramolecular Hbond substituents is 1. The van der Waals surface area contributed by atoms with E-state index in [1.807, 2.05) is 6.92 Å². The molecule has 0 spiro atoms. The van der Waals surface area contributed by atoms with Gasteiger partial charge in [0.2, 0.25) is 0 Å². The summed E-state index contributed by atoms with van der Waals surface area (Å²) in [6.45, 7) is 3.34. The van der Waals surface area contributed by atoms with Crippen molar-refractivity contribution in [3.63, 3.8) is 0 Å². The minimum absolute atomic E-state index is 0.0566. The van der Waals surface area contributed by atoms with Gasteiger partial charge in [-0.25, -0.2) is 4.79 Å². The second-order valence-electron chi connectivity index (χ2n) is 4.39. The van der Waals surface area contributed by atoms with Crippen LogP contribution in [0, 0.1) is 0 Å². The molecule has 1 atom stereocenters. The first-order chi connectivity index (χ1) is 8.39. The lowest BCUT2D eigenvalue weighted by Gasteiger charge is -2.25. The highest BCUT2D eigenvalue weighted by Crippen LogP contribution is 2.15. The Labute approximate surface area is 105 Å². The Bertz CT molecular complexity index is 441. The van der Waals surface area contributed by atoms with Gasteiger partial charge in [0.25, 0.3) is 5.91 Å². The molecule has 1 amide bonds. The molecule has 0 heterocycles. The van der Waals surface area contributed by atoms with Gasteiger partial charge in [0.1, 0.15) is 11.3 Å². The van der Waals surface area contributed by atoms with E-state index < -0.39 is 17.4 Å². The van der Waals surface area contributed by atoms with Crippen molar-refractivity contribution in [3.05, 3.63) is 29.8 Å². The molecule has 1 unspecified atom stereocenters. The van der Waals surface area contributed by atoms with Crippen LogP contribution in [0.25, 0.3) is 0 Å². The molecule has 3 N–H and O–H groups in total. The lowest BCUT2D eigenvalue weighted by atomic mass is 9.96. The molecule has 5 heteroatoms. The Morgan fingerprint density at radius 1 is 1.28 bits per heavy atom. The van der Waals surface area contributed by atoms with Crippen LogP contribution in [-0.2, 0) is 4.79 Å². The Morgan fingerprint density at radius 2 is 1.83 bits per heavy atom. The number of nitrogens with one attached hydrogen (secondary N) is 1. The average Bonchev–Trinajstić information content (AvgIpc) is 2.29. The van der Waals surface area contributed by atoms with Crippen molar-refractivity contribution in [2.24, 2.45) is 0 Å². The number of benzene rings is 1. The third-order valence-electron chi connectivity index (χ3n) is 2.74. The van der Waals surface area contributed by atoms with Crippen molar-refractivity contribution < 1.29 is 19.8 Å². The van der Waals surface area contributed by atoms with E-state index >= 15 is 0 Å². The maximum Gasteiger partial charge on any atom is 0.329 e. The molecule has 1 aromatic rings. The van der Waals surface area contributed by atoms with Gasteiger partial charge in [0.15, 0.2) is 0 Å². The SMILES string of the molecule is CCCC(C)(NC(=O)c1ccc(O)cc1)C(=O)O. The molecule has 1 rings (SSSR count). The van der Waals surface area contributed by atoms with Gasteiger partial charge < -0.3 is 15.5 Å². The fraction of sp³-hybridized carbons (Fsp3) is 0.385. The topological polar surface area (TPSA) is 86.6 Å². The zero-order valence-electron chi connectivity index (χ0n) is 10.4. The lowest BCUT2D eigenvalue weighted by Crippen LogP contribution is -2.52. The number of carboxylic acid groups (broad SMARTS) is 1. The first-order valence-corrected chi connectivity index (χ1v) is 5.74. The molecule has 18 heavy (non-hydrogen) atoms. The quantitative estimate of drug-likeness (QED) is 0.744. The number of carbonyl (C=O) groups excluding carboxylic acids is 1. The molecule has 0 radical (unpaired) electrons.